The Bertz CT molecular complexity index is 415. The molecule has 0 aromatic heterocycles. The van der Waals surface area contributed by atoms with E-state index in [1.165, 1.54) is 161 Å². The van der Waals surface area contributed by atoms with E-state index in [9.17, 15) is 4.79 Å². The van der Waals surface area contributed by atoms with Gasteiger partial charge in [-0.05, 0) is 32.1 Å². The van der Waals surface area contributed by atoms with Crippen molar-refractivity contribution >= 4 is 5.97 Å². The molecule has 0 unspecified atom stereocenters. The lowest BCUT2D eigenvalue weighted by Gasteiger charge is -2.03. The third kappa shape index (κ3) is 31.2. The maximum Gasteiger partial charge on any atom is 0.303 e. The molecular weight excluding hydrogens is 416 g/mol. The number of carboxylic acid groups (broad SMARTS) is 1. The lowest BCUT2D eigenvalue weighted by atomic mass is 10.0. The number of hydrogen-bond donors (Lipinski definition) is 1. The highest BCUT2D eigenvalue weighted by molar-refractivity contribution is 5.66. The van der Waals surface area contributed by atoms with Gasteiger partial charge in [-0.25, -0.2) is 0 Å². The molecule has 1 N–H and O–H groups in total. The number of rotatable bonds is 29. The average Bonchev–Trinajstić information content (AvgIpc) is 2.83. The van der Waals surface area contributed by atoms with E-state index >= 15 is 0 Å². The molecule has 0 heterocycles. The fourth-order valence-corrected chi connectivity index (χ4v) is 4.82. The minimum absolute atomic E-state index is 0.344. The summed E-state index contributed by atoms with van der Waals surface area (Å²) in [5.74, 6) is -0.650. The van der Waals surface area contributed by atoms with Crippen LogP contribution in [0, 0.1) is 0 Å². The Morgan fingerprint density at radius 3 is 1.00 bits per heavy atom. The molecule has 0 rings (SSSR count). The van der Waals surface area contributed by atoms with Crippen LogP contribution in [0.4, 0.5) is 0 Å². The topological polar surface area (TPSA) is 37.3 Å². The van der Waals surface area contributed by atoms with Crippen molar-refractivity contribution in [1.29, 1.82) is 0 Å². The summed E-state index contributed by atoms with van der Waals surface area (Å²) in [6.45, 7) is 2.29. The van der Waals surface area contributed by atoms with E-state index in [-0.39, 0.29) is 0 Å². The monoisotopic (exact) mass is 478 g/mol. The third-order valence-corrected chi connectivity index (χ3v) is 7.15. The molecule has 2 nitrogen and oxygen atoms in total. The molecule has 0 aliphatic carbocycles. The van der Waals surface area contributed by atoms with Gasteiger partial charge in [0, 0.05) is 6.42 Å². The van der Waals surface area contributed by atoms with Crippen LogP contribution < -0.4 is 0 Å². The summed E-state index contributed by atoms with van der Waals surface area (Å²) in [5, 5.41) is 8.61. The molecule has 0 aliphatic rings. The normalized spacial score (nSPS) is 11.6. The third-order valence-electron chi connectivity index (χ3n) is 7.15. The van der Waals surface area contributed by atoms with Gasteiger partial charge in [0.25, 0.3) is 0 Å². The summed E-state index contributed by atoms with van der Waals surface area (Å²) < 4.78 is 0. The second-order valence-electron chi connectivity index (χ2n) is 10.7. The average molecular weight is 479 g/mol. The Morgan fingerprint density at radius 2 is 0.706 bits per heavy atom. The van der Waals surface area contributed by atoms with E-state index in [1.54, 1.807) is 0 Å². The summed E-state index contributed by atoms with van der Waals surface area (Å²) in [4.78, 5) is 10.4. The minimum Gasteiger partial charge on any atom is -0.481 e. The van der Waals surface area contributed by atoms with Gasteiger partial charge >= 0.3 is 5.97 Å². The van der Waals surface area contributed by atoms with Gasteiger partial charge in [-0.2, -0.15) is 0 Å². The van der Waals surface area contributed by atoms with Gasteiger partial charge in [-0.3, -0.25) is 4.79 Å². The highest BCUT2D eigenvalue weighted by atomic mass is 16.4. The second-order valence-corrected chi connectivity index (χ2v) is 10.7. The molecule has 0 aliphatic heterocycles. The van der Waals surface area contributed by atoms with E-state index in [0.717, 1.165) is 12.8 Å². The van der Waals surface area contributed by atoms with Gasteiger partial charge < -0.3 is 5.11 Å². The van der Waals surface area contributed by atoms with E-state index in [4.69, 9.17) is 5.11 Å². The van der Waals surface area contributed by atoms with Gasteiger partial charge in [-0.15, -0.1) is 0 Å². The van der Waals surface area contributed by atoms with Crippen molar-refractivity contribution in [1.82, 2.24) is 0 Å². The van der Waals surface area contributed by atoms with Crippen LogP contribution in [0.15, 0.2) is 12.2 Å². The molecule has 0 spiro atoms. The number of hydrogen-bond acceptors (Lipinski definition) is 1. The summed E-state index contributed by atoms with van der Waals surface area (Å²) >= 11 is 0. The first-order valence-electron chi connectivity index (χ1n) is 15.6. The van der Waals surface area contributed by atoms with E-state index < -0.39 is 5.97 Å². The van der Waals surface area contributed by atoms with Crippen LogP contribution in [0.3, 0.4) is 0 Å². The van der Waals surface area contributed by atoms with Gasteiger partial charge in [0.15, 0.2) is 0 Å². The molecule has 202 valence electrons. The first-order chi connectivity index (χ1) is 16.8. The molecule has 0 radical (unpaired) electrons. The Hall–Kier alpha value is -0.790. The van der Waals surface area contributed by atoms with Crippen LogP contribution in [-0.2, 0) is 4.79 Å². The summed E-state index contributed by atoms with van der Waals surface area (Å²) in [5.41, 5.74) is 0. The molecule has 0 fully saturated rings. The minimum atomic E-state index is -0.650. The van der Waals surface area contributed by atoms with Crippen molar-refractivity contribution in [3.05, 3.63) is 12.2 Å². The predicted octanol–water partition coefficient (Wildman–Crippen LogP) is 11.6. The number of carbonyl (C=O) groups is 1. The molecule has 0 atom stereocenters. The zero-order chi connectivity index (χ0) is 24.8. The molecule has 2 heteroatoms. The van der Waals surface area contributed by atoms with Crippen molar-refractivity contribution in [2.45, 2.75) is 187 Å². The number of aliphatic carboxylic acids is 1. The summed E-state index contributed by atoms with van der Waals surface area (Å²) in [6, 6.07) is 0. The first kappa shape index (κ1) is 33.2. The standard InChI is InChI=1S/C32H62O2/c1-2-3-4-5-6-7-8-9-10-11-12-13-14-15-16-17-18-19-20-21-22-23-24-25-26-27-28-29-30-31-32(33)34/h11-12H,2-10,13-31H2,1H3,(H,33,34)/b12-11-. The maximum absolute atomic E-state index is 10.4. The van der Waals surface area contributed by atoms with Crippen molar-refractivity contribution in [2.75, 3.05) is 0 Å². The fourth-order valence-electron chi connectivity index (χ4n) is 4.82. The second kappa shape index (κ2) is 30.2. The maximum atomic E-state index is 10.4. The van der Waals surface area contributed by atoms with Crippen LogP contribution in [0.1, 0.15) is 187 Å². The van der Waals surface area contributed by atoms with Crippen LogP contribution >= 0.6 is 0 Å². The Balaban J connectivity index is 3.07. The molecule has 0 aromatic carbocycles. The van der Waals surface area contributed by atoms with Gasteiger partial charge in [0.2, 0.25) is 0 Å². The van der Waals surface area contributed by atoms with Crippen molar-refractivity contribution in [2.24, 2.45) is 0 Å². The molecule has 34 heavy (non-hydrogen) atoms. The number of allylic oxidation sites excluding steroid dienone is 2. The van der Waals surface area contributed by atoms with Gasteiger partial charge in [0.05, 0.1) is 0 Å². The van der Waals surface area contributed by atoms with E-state index in [1.807, 2.05) is 0 Å². The van der Waals surface area contributed by atoms with Gasteiger partial charge in [-0.1, -0.05) is 160 Å². The van der Waals surface area contributed by atoms with Crippen LogP contribution in [0.2, 0.25) is 0 Å². The van der Waals surface area contributed by atoms with E-state index in [0.29, 0.717) is 6.42 Å². The van der Waals surface area contributed by atoms with Crippen LogP contribution in [-0.4, -0.2) is 11.1 Å². The highest BCUT2D eigenvalue weighted by Crippen LogP contribution is 2.15. The summed E-state index contributed by atoms with van der Waals surface area (Å²) in [7, 11) is 0. The quantitative estimate of drug-likeness (QED) is 0.0857. The van der Waals surface area contributed by atoms with Crippen molar-refractivity contribution in [3.8, 4) is 0 Å². The number of unbranched alkanes of at least 4 members (excludes halogenated alkanes) is 25. The zero-order valence-corrected chi connectivity index (χ0v) is 23.3. The van der Waals surface area contributed by atoms with Crippen molar-refractivity contribution < 1.29 is 9.90 Å². The summed E-state index contributed by atoms with van der Waals surface area (Å²) in [6.07, 6.45) is 42.0. The first-order valence-corrected chi connectivity index (χ1v) is 15.6. The Morgan fingerprint density at radius 1 is 0.441 bits per heavy atom. The predicted molar refractivity (Wildman–Crippen MR) is 152 cm³/mol. The highest BCUT2D eigenvalue weighted by Gasteiger charge is 1.97. The Labute approximate surface area is 214 Å². The van der Waals surface area contributed by atoms with Crippen molar-refractivity contribution in [3.63, 3.8) is 0 Å². The fraction of sp³-hybridized carbons (Fsp3) is 0.906. The molecule has 0 amide bonds. The largest absolute Gasteiger partial charge is 0.481 e. The molecule has 0 aromatic rings. The smallest absolute Gasteiger partial charge is 0.303 e. The zero-order valence-electron chi connectivity index (χ0n) is 23.3. The SMILES string of the molecule is CCCCCCCCCC/C=C\CCCCCCCCCCCCCCCCCCCC(=O)O. The van der Waals surface area contributed by atoms with Crippen LogP contribution in [0.5, 0.6) is 0 Å². The Kier molecular flexibility index (Phi) is 29.5. The number of carboxylic acids is 1. The molecule has 0 saturated carbocycles. The lowest BCUT2D eigenvalue weighted by Crippen LogP contribution is -1.93. The van der Waals surface area contributed by atoms with Gasteiger partial charge in [0.1, 0.15) is 0 Å². The lowest BCUT2D eigenvalue weighted by molar-refractivity contribution is -0.137. The van der Waals surface area contributed by atoms with Crippen LogP contribution in [0.25, 0.3) is 0 Å². The van der Waals surface area contributed by atoms with E-state index in [2.05, 4.69) is 19.1 Å². The molecular formula is C32H62O2. The molecule has 0 bridgehead atoms. The molecule has 0 saturated heterocycles.